The summed E-state index contributed by atoms with van der Waals surface area (Å²) in [6.45, 7) is 0. The third kappa shape index (κ3) is 3.35. The zero-order chi connectivity index (χ0) is 15.6. The molecule has 1 fully saturated rings. The predicted molar refractivity (Wildman–Crippen MR) is 70.2 cm³/mol. The highest BCUT2D eigenvalue weighted by Crippen LogP contribution is 2.17. The fourth-order valence-corrected chi connectivity index (χ4v) is 1.99. The number of rotatable bonds is 4. The zero-order valence-electron chi connectivity index (χ0n) is 10.8. The molecule has 8 nitrogen and oxygen atoms in total. The van der Waals surface area contributed by atoms with Gasteiger partial charge in [-0.3, -0.25) is 9.59 Å². The fraction of sp³-hybridized carbons (Fsp3) is 0.231. The summed E-state index contributed by atoms with van der Waals surface area (Å²) in [6, 6.07) is 2.61. The van der Waals surface area contributed by atoms with Crippen molar-refractivity contribution in [2.24, 2.45) is 0 Å². The van der Waals surface area contributed by atoms with Crippen LogP contribution in [0.15, 0.2) is 18.2 Å². The Kier molecular flexibility index (Phi) is 3.88. The number of carboxylic acids is 2. The molecule has 21 heavy (non-hydrogen) atoms. The van der Waals surface area contributed by atoms with E-state index in [0.717, 1.165) is 18.2 Å². The molecule has 4 N–H and O–H groups in total. The van der Waals surface area contributed by atoms with Gasteiger partial charge in [0.1, 0.15) is 6.04 Å². The molecule has 1 aliphatic rings. The van der Waals surface area contributed by atoms with E-state index in [0.29, 0.717) is 6.42 Å². The summed E-state index contributed by atoms with van der Waals surface area (Å²) >= 11 is 0. The molecule has 1 saturated heterocycles. The first-order valence-corrected chi connectivity index (χ1v) is 6.08. The number of nitrogens with one attached hydrogen (secondary N) is 2. The third-order valence-corrected chi connectivity index (χ3v) is 3.01. The molecule has 1 aromatic rings. The van der Waals surface area contributed by atoms with Crippen LogP contribution in [0.4, 0.5) is 5.69 Å². The second-order valence-corrected chi connectivity index (χ2v) is 4.56. The number of amides is 2. The summed E-state index contributed by atoms with van der Waals surface area (Å²) in [5.41, 5.74) is -0.445. The molecule has 1 aromatic carbocycles. The van der Waals surface area contributed by atoms with Gasteiger partial charge in [-0.1, -0.05) is 0 Å². The number of anilines is 1. The summed E-state index contributed by atoms with van der Waals surface area (Å²) in [7, 11) is 0. The van der Waals surface area contributed by atoms with E-state index in [9.17, 15) is 19.2 Å². The van der Waals surface area contributed by atoms with Crippen LogP contribution in [0.2, 0.25) is 0 Å². The van der Waals surface area contributed by atoms with Crippen LogP contribution in [0, 0.1) is 0 Å². The minimum Gasteiger partial charge on any atom is -0.478 e. The second-order valence-electron chi connectivity index (χ2n) is 4.56. The normalized spacial score (nSPS) is 17.1. The van der Waals surface area contributed by atoms with Gasteiger partial charge in [0.15, 0.2) is 0 Å². The Balaban J connectivity index is 2.22. The molecule has 0 unspecified atom stereocenters. The Hall–Kier alpha value is -2.90. The minimum atomic E-state index is -1.30. The van der Waals surface area contributed by atoms with E-state index in [1.165, 1.54) is 0 Å². The maximum Gasteiger partial charge on any atom is 0.335 e. The lowest BCUT2D eigenvalue weighted by atomic mass is 10.1. The first kappa shape index (κ1) is 14.5. The number of carbonyl (C=O) groups is 4. The van der Waals surface area contributed by atoms with Crippen LogP contribution in [0.3, 0.4) is 0 Å². The lowest BCUT2D eigenvalue weighted by molar-refractivity contribution is -0.122. The van der Waals surface area contributed by atoms with Gasteiger partial charge in [0.05, 0.1) is 11.1 Å². The van der Waals surface area contributed by atoms with Crippen molar-refractivity contribution in [3.63, 3.8) is 0 Å². The first-order chi connectivity index (χ1) is 9.86. The van der Waals surface area contributed by atoms with Crippen LogP contribution < -0.4 is 10.6 Å². The van der Waals surface area contributed by atoms with Crippen LogP contribution in [0.5, 0.6) is 0 Å². The Morgan fingerprint density at radius 1 is 1.10 bits per heavy atom. The second kappa shape index (κ2) is 5.61. The van der Waals surface area contributed by atoms with E-state index in [-0.39, 0.29) is 29.1 Å². The molecule has 0 saturated carbocycles. The zero-order valence-corrected chi connectivity index (χ0v) is 10.8. The SMILES string of the molecule is O=C1CC[C@H](C(=O)Nc2cc(C(=O)O)cc(C(=O)O)c2)N1. The monoisotopic (exact) mass is 292 g/mol. The molecular formula is C13H12N2O6. The summed E-state index contributed by atoms with van der Waals surface area (Å²) in [6.07, 6.45) is 0.586. The van der Waals surface area contributed by atoms with Crippen molar-refractivity contribution in [2.45, 2.75) is 18.9 Å². The molecule has 0 radical (unpaired) electrons. The van der Waals surface area contributed by atoms with Crippen LogP contribution >= 0.6 is 0 Å². The fourth-order valence-electron chi connectivity index (χ4n) is 1.99. The standard InChI is InChI=1S/C13H12N2O6/c16-10-2-1-9(15-10)11(17)14-8-4-6(12(18)19)3-7(5-8)13(20)21/h3-5,9H,1-2H2,(H,14,17)(H,15,16)(H,18,19)(H,20,21)/t9-/m1/s1. The molecule has 2 amide bonds. The van der Waals surface area contributed by atoms with Gasteiger partial charge in [-0.2, -0.15) is 0 Å². The topological polar surface area (TPSA) is 133 Å². The van der Waals surface area contributed by atoms with Gasteiger partial charge < -0.3 is 20.8 Å². The van der Waals surface area contributed by atoms with Crippen molar-refractivity contribution >= 4 is 29.4 Å². The van der Waals surface area contributed by atoms with Crippen molar-refractivity contribution in [3.05, 3.63) is 29.3 Å². The highest BCUT2D eigenvalue weighted by atomic mass is 16.4. The van der Waals surface area contributed by atoms with Crippen molar-refractivity contribution in [3.8, 4) is 0 Å². The summed E-state index contributed by atoms with van der Waals surface area (Å²) in [5, 5.41) is 22.7. The van der Waals surface area contributed by atoms with E-state index in [1.807, 2.05) is 0 Å². The quantitative estimate of drug-likeness (QED) is 0.631. The van der Waals surface area contributed by atoms with Crippen molar-refractivity contribution < 1.29 is 29.4 Å². The number of aromatic carboxylic acids is 2. The van der Waals surface area contributed by atoms with Gasteiger partial charge in [-0.05, 0) is 24.6 Å². The van der Waals surface area contributed by atoms with E-state index in [1.54, 1.807) is 0 Å². The van der Waals surface area contributed by atoms with E-state index < -0.39 is 23.9 Å². The number of carbonyl (C=O) groups excluding carboxylic acids is 2. The molecule has 110 valence electrons. The van der Waals surface area contributed by atoms with Crippen molar-refractivity contribution in [1.82, 2.24) is 5.32 Å². The third-order valence-electron chi connectivity index (χ3n) is 3.01. The number of hydrogen-bond donors (Lipinski definition) is 4. The Morgan fingerprint density at radius 2 is 1.67 bits per heavy atom. The van der Waals surface area contributed by atoms with Crippen molar-refractivity contribution in [1.29, 1.82) is 0 Å². The number of hydrogen-bond acceptors (Lipinski definition) is 4. The number of carboxylic acid groups (broad SMARTS) is 2. The van der Waals surface area contributed by atoms with E-state index in [4.69, 9.17) is 10.2 Å². The molecule has 8 heteroatoms. The molecule has 1 atom stereocenters. The van der Waals surface area contributed by atoms with Gasteiger partial charge in [-0.15, -0.1) is 0 Å². The van der Waals surface area contributed by atoms with Crippen LogP contribution in [0.1, 0.15) is 33.6 Å². The van der Waals surface area contributed by atoms with Gasteiger partial charge >= 0.3 is 11.9 Å². The average molecular weight is 292 g/mol. The van der Waals surface area contributed by atoms with E-state index in [2.05, 4.69) is 10.6 Å². The molecule has 0 spiro atoms. The van der Waals surface area contributed by atoms with Crippen molar-refractivity contribution in [2.75, 3.05) is 5.32 Å². The predicted octanol–water partition coefficient (Wildman–Crippen LogP) is 0.300. The van der Waals surface area contributed by atoms with Crippen LogP contribution in [-0.4, -0.2) is 40.0 Å². The van der Waals surface area contributed by atoms with E-state index >= 15 is 0 Å². The highest BCUT2D eigenvalue weighted by molar-refractivity contribution is 6.01. The van der Waals surface area contributed by atoms with Gasteiger partial charge in [-0.25, -0.2) is 9.59 Å². The maximum absolute atomic E-state index is 11.9. The van der Waals surface area contributed by atoms with Gasteiger partial charge in [0, 0.05) is 12.1 Å². The number of benzene rings is 1. The maximum atomic E-state index is 11.9. The van der Waals surface area contributed by atoms with Gasteiger partial charge in [0.2, 0.25) is 11.8 Å². The molecule has 2 rings (SSSR count). The molecule has 0 aromatic heterocycles. The summed E-state index contributed by atoms with van der Waals surface area (Å²) in [4.78, 5) is 44.9. The largest absolute Gasteiger partial charge is 0.478 e. The Morgan fingerprint density at radius 3 is 2.10 bits per heavy atom. The molecule has 1 heterocycles. The molecule has 1 aliphatic heterocycles. The smallest absolute Gasteiger partial charge is 0.335 e. The van der Waals surface area contributed by atoms with Gasteiger partial charge in [0.25, 0.3) is 0 Å². The molecular weight excluding hydrogens is 280 g/mol. The molecule has 0 aliphatic carbocycles. The Labute approximate surface area is 118 Å². The lowest BCUT2D eigenvalue weighted by Gasteiger charge is -2.12. The Bertz CT molecular complexity index is 607. The summed E-state index contributed by atoms with van der Waals surface area (Å²) < 4.78 is 0. The highest BCUT2D eigenvalue weighted by Gasteiger charge is 2.27. The lowest BCUT2D eigenvalue weighted by Crippen LogP contribution is -2.37. The molecule has 0 bridgehead atoms. The van der Waals surface area contributed by atoms with Crippen LogP contribution in [0.25, 0.3) is 0 Å². The summed E-state index contributed by atoms with van der Waals surface area (Å²) in [5.74, 6) is -3.36. The first-order valence-electron chi connectivity index (χ1n) is 6.08. The van der Waals surface area contributed by atoms with Crippen LogP contribution in [-0.2, 0) is 9.59 Å². The average Bonchev–Trinajstić information content (AvgIpc) is 2.85. The minimum absolute atomic E-state index is 0.0541.